The third kappa shape index (κ3) is 7.04. The molecule has 10 heteroatoms. The van der Waals surface area contributed by atoms with Gasteiger partial charge in [0.25, 0.3) is 0 Å². The minimum atomic E-state index is -0.660. The molecule has 194 valence electrons. The Kier molecular flexibility index (Phi) is 8.74. The van der Waals surface area contributed by atoms with Crippen LogP contribution in [0.3, 0.4) is 0 Å². The number of esters is 1. The van der Waals surface area contributed by atoms with Gasteiger partial charge in [-0.1, -0.05) is 36.2 Å². The molecule has 0 aromatic heterocycles. The molecule has 36 heavy (non-hydrogen) atoms. The van der Waals surface area contributed by atoms with E-state index in [1.807, 2.05) is 19.1 Å². The first-order chi connectivity index (χ1) is 16.9. The Morgan fingerprint density at radius 1 is 1.11 bits per heavy atom. The van der Waals surface area contributed by atoms with Crippen molar-refractivity contribution >= 4 is 52.5 Å². The first kappa shape index (κ1) is 27.6. The maximum absolute atomic E-state index is 13.1. The van der Waals surface area contributed by atoms with Gasteiger partial charge in [-0.15, -0.1) is 0 Å². The summed E-state index contributed by atoms with van der Waals surface area (Å²) < 4.78 is 10.2. The first-order valence-corrected chi connectivity index (χ1v) is 12.4. The van der Waals surface area contributed by atoms with Crippen molar-refractivity contribution in [1.82, 2.24) is 5.32 Å². The van der Waals surface area contributed by atoms with E-state index in [1.165, 1.54) is 7.11 Å². The Balaban J connectivity index is 1.76. The zero-order valence-electron chi connectivity index (χ0n) is 21.0. The van der Waals surface area contributed by atoms with Crippen molar-refractivity contribution in [1.29, 1.82) is 0 Å². The van der Waals surface area contributed by atoms with Crippen molar-refractivity contribution in [2.75, 3.05) is 17.7 Å². The number of hydrogen-bond donors (Lipinski definition) is 3. The van der Waals surface area contributed by atoms with Crippen LogP contribution in [0.4, 0.5) is 16.2 Å². The molecule has 0 radical (unpaired) electrons. The Hall–Kier alpha value is -2.97. The molecule has 3 N–H and O–H groups in total. The lowest BCUT2D eigenvalue weighted by molar-refractivity contribution is -0.142. The van der Waals surface area contributed by atoms with Gasteiger partial charge in [-0.25, -0.2) is 9.59 Å². The van der Waals surface area contributed by atoms with E-state index in [-0.39, 0.29) is 18.7 Å². The molecule has 1 aliphatic heterocycles. The molecule has 0 saturated heterocycles. The van der Waals surface area contributed by atoms with E-state index in [2.05, 4.69) is 16.0 Å². The van der Waals surface area contributed by atoms with Gasteiger partial charge >= 0.3 is 12.1 Å². The van der Waals surface area contributed by atoms with Gasteiger partial charge in [-0.3, -0.25) is 10.1 Å². The number of fused-ring (bicyclic) bond motifs is 1. The summed E-state index contributed by atoms with van der Waals surface area (Å²) in [5.41, 5.74) is 2.97. The van der Waals surface area contributed by atoms with Gasteiger partial charge in [0.15, 0.2) is 0 Å². The van der Waals surface area contributed by atoms with Crippen LogP contribution in [-0.2, 0) is 31.9 Å². The van der Waals surface area contributed by atoms with Gasteiger partial charge < -0.3 is 20.1 Å². The molecule has 0 bridgehead atoms. The summed E-state index contributed by atoms with van der Waals surface area (Å²) in [5.74, 6) is -0.678. The number of halogens is 2. The number of aryl methyl sites for hydroxylation is 1. The molecule has 1 heterocycles. The SMILES string of the molecule is CCc1cc(NC(=O)OC(C)(C)C)ccc1CC(=O)N[C@H]1C[C@H](C(=O)OC)Nc2cc(Cl)cc(Cl)c21. The van der Waals surface area contributed by atoms with Crippen LogP contribution in [0.1, 0.15) is 56.8 Å². The van der Waals surface area contributed by atoms with Crippen molar-refractivity contribution in [3.05, 3.63) is 57.1 Å². The maximum atomic E-state index is 13.1. The second kappa shape index (κ2) is 11.4. The fourth-order valence-corrected chi connectivity index (χ4v) is 4.76. The number of nitrogens with one attached hydrogen (secondary N) is 3. The lowest BCUT2D eigenvalue weighted by Gasteiger charge is -2.33. The number of carbonyl (C=O) groups excluding carboxylic acids is 3. The van der Waals surface area contributed by atoms with E-state index in [9.17, 15) is 14.4 Å². The molecule has 2 aromatic carbocycles. The van der Waals surface area contributed by atoms with E-state index in [1.54, 1.807) is 39.0 Å². The Morgan fingerprint density at radius 2 is 1.83 bits per heavy atom. The highest BCUT2D eigenvalue weighted by molar-refractivity contribution is 6.35. The van der Waals surface area contributed by atoms with Gasteiger partial charge in [0.2, 0.25) is 5.91 Å². The Labute approximate surface area is 221 Å². The summed E-state index contributed by atoms with van der Waals surface area (Å²) >= 11 is 12.6. The quantitative estimate of drug-likeness (QED) is 0.412. The second-order valence-corrected chi connectivity index (χ2v) is 10.4. The van der Waals surface area contributed by atoms with Crippen LogP contribution < -0.4 is 16.0 Å². The highest BCUT2D eigenvalue weighted by atomic mass is 35.5. The number of ether oxygens (including phenoxy) is 2. The number of methoxy groups -OCH3 is 1. The normalized spacial score (nSPS) is 16.9. The molecule has 2 atom stereocenters. The van der Waals surface area contributed by atoms with Crippen molar-refractivity contribution in [2.45, 2.75) is 64.6 Å². The predicted octanol–water partition coefficient (Wildman–Crippen LogP) is 5.66. The third-order valence-electron chi connectivity index (χ3n) is 5.65. The highest BCUT2D eigenvalue weighted by Crippen LogP contribution is 2.40. The zero-order chi connectivity index (χ0) is 26.6. The summed E-state index contributed by atoms with van der Waals surface area (Å²) in [6.45, 7) is 7.35. The van der Waals surface area contributed by atoms with Crippen molar-refractivity contribution in [2.24, 2.45) is 0 Å². The van der Waals surface area contributed by atoms with E-state index >= 15 is 0 Å². The van der Waals surface area contributed by atoms with Crippen LogP contribution in [0.5, 0.6) is 0 Å². The molecule has 3 rings (SSSR count). The Bertz CT molecular complexity index is 1160. The van der Waals surface area contributed by atoms with Crippen LogP contribution in [0.2, 0.25) is 10.0 Å². The number of anilines is 2. The van der Waals surface area contributed by atoms with Crippen molar-refractivity contribution in [3.63, 3.8) is 0 Å². The predicted molar refractivity (Wildman–Crippen MR) is 141 cm³/mol. The lowest BCUT2D eigenvalue weighted by Crippen LogP contribution is -2.42. The largest absolute Gasteiger partial charge is 0.467 e. The second-order valence-electron chi connectivity index (χ2n) is 9.57. The van der Waals surface area contributed by atoms with Crippen LogP contribution in [0.25, 0.3) is 0 Å². The first-order valence-electron chi connectivity index (χ1n) is 11.6. The molecular formula is C26H31Cl2N3O5. The average Bonchev–Trinajstić information content (AvgIpc) is 2.77. The van der Waals surface area contributed by atoms with E-state index < -0.39 is 29.7 Å². The molecule has 0 fully saturated rings. The van der Waals surface area contributed by atoms with Crippen LogP contribution in [0, 0.1) is 0 Å². The molecule has 2 aromatic rings. The fraction of sp³-hybridized carbons (Fsp3) is 0.423. The van der Waals surface area contributed by atoms with Crippen LogP contribution in [0.15, 0.2) is 30.3 Å². The minimum absolute atomic E-state index is 0.114. The van der Waals surface area contributed by atoms with Gasteiger partial charge in [-0.2, -0.15) is 0 Å². The van der Waals surface area contributed by atoms with Crippen LogP contribution >= 0.6 is 23.2 Å². The molecule has 8 nitrogen and oxygen atoms in total. The standard InChI is InChI=1S/C26H31Cl2N3O5/c1-6-14-9-17(29-25(34)36-26(2,3)4)8-7-15(14)10-22(32)31-20-13-21(24(33)35-5)30-19-12-16(27)11-18(28)23(19)20/h7-9,11-12,20-21,30H,6,10,13H2,1-5H3,(H,29,34)(H,31,32)/t20-,21+/m0/s1. The fourth-order valence-electron chi connectivity index (χ4n) is 4.13. The summed E-state index contributed by atoms with van der Waals surface area (Å²) in [6.07, 6.45) is 0.504. The number of benzene rings is 2. The van der Waals surface area contributed by atoms with Gasteiger partial charge in [0.1, 0.15) is 11.6 Å². The van der Waals surface area contributed by atoms with Gasteiger partial charge in [-0.05, 0) is 62.6 Å². The summed E-state index contributed by atoms with van der Waals surface area (Å²) in [6, 6.07) is 7.48. The molecule has 1 aliphatic rings. The van der Waals surface area contributed by atoms with Crippen molar-refractivity contribution in [3.8, 4) is 0 Å². The number of rotatable bonds is 6. The molecule has 0 aliphatic carbocycles. The monoisotopic (exact) mass is 535 g/mol. The molecule has 0 saturated carbocycles. The summed E-state index contributed by atoms with van der Waals surface area (Å²) in [5, 5.41) is 9.64. The topological polar surface area (TPSA) is 106 Å². The molecule has 0 unspecified atom stereocenters. The Morgan fingerprint density at radius 3 is 2.47 bits per heavy atom. The van der Waals surface area contributed by atoms with Gasteiger partial charge in [0.05, 0.1) is 19.6 Å². The smallest absolute Gasteiger partial charge is 0.412 e. The van der Waals surface area contributed by atoms with E-state index in [0.29, 0.717) is 33.4 Å². The number of amides is 2. The number of hydrogen-bond acceptors (Lipinski definition) is 6. The highest BCUT2D eigenvalue weighted by Gasteiger charge is 2.34. The zero-order valence-corrected chi connectivity index (χ0v) is 22.5. The average molecular weight is 536 g/mol. The molecular weight excluding hydrogens is 505 g/mol. The molecule has 0 spiro atoms. The van der Waals surface area contributed by atoms with E-state index in [4.69, 9.17) is 32.7 Å². The minimum Gasteiger partial charge on any atom is -0.467 e. The third-order valence-corrected chi connectivity index (χ3v) is 6.18. The van der Waals surface area contributed by atoms with Gasteiger partial charge in [0, 0.05) is 33.4 Å². The van der Waals surface area contributed by atoms with E-state index in [0.717, 1.165) is 11.1 Å². The maximum Gasteiger partial charge on any atom is 0.412 e. The van der Waals surface area contributed by atoms with Crippen molar-refractivity contribution < 1.29 is 23.9 Å². The summed E-state index contributed by atoms with van der Waals surface area (Å²) in [7, 11) is 1.31. The lowest BCUT2D eigenvalue weighted by atomic mass is 9.92. The molecule has 2 amide bonds. The van der Waals surface area contributed by atoms with Crippen LogP contribution in [-0.4, -0.2) is 36.7 Å². The summed E-state index contributed by atoms with van der Waals surface area (Å²) in [4.78, 5) is 37.4. The number of carbonyl (C=O) groups is 3.